The van der Waals surface area contributed by atoms with Gasteiger partial charge in [0.15, 0.2) is 0 Å². The second-order valence-corrected chi connectivity index (χ2v) is 17.0. The average molecular weight is 748 g/mol. The van der Waals surface area contributed by atoms with Crippen LogP contribution in [-0.4, -0.2) is 46.4 Å². The number of benzene rings is 3. The number of thiophene rings is 1. The van der Waals surface area contributed by atoms with Gasteiger partial charge in [0.05, 0.1) is 29.1 Å². The Balaban J connectivity index is 1.10. The van der Waals surface area contributed by atoms with Crippen LogP contribution in [-0.2, 0) is 22.5 Å². The number of amides is 4. The number of ether oxygens (including phenoxy) is 1. The summed E-state index contributed by atoms with van der Waals surface area (Å²) >= 11 is 4.44. The second kappa shape index (κ2) is 14.9. The molecule has 3 unspecified atom stereocenters. The van der Waals surface area contributed by atoms with Crippen LogP contribution >= 0.6 is 34.9 Å². The maximum Gasteiger partial charge on any atom is 0.410 e. The van der Waals surface area contributed by atoms with Crippen LogP contribution in [0.3, 0.4) is 0 Å². The number of para-hydroxylation sites is 1. The van der Waals surface area contributed by atoms with Crippen molar-refractivity contribution in [3.63, 3.8) is 0 Å². The lowest BCUT2D eigenvalue weighted by Crippen LogP contribution is -2.49. The minimum Gasteiger partial charge on any atom is -0.444 e. The van der Waals surface area contributed by atoms with Crippen LogP contribution in [0, 0.1) is 11.3 Å². The van der Waals surface area contributed by atoms with Gasteiger partial charge in [-0.25, -0.2) is 9.59 Å². The minimum absolute atomic E-state index is 0.108. The van der Waals surface area contributed by atoms with Crippen LogP contribution in [0.15, 0.2) is 113 Å². The number of fused-ring (bicyclic) bond motifs is 3. The lowest BCUT2D eigenvalue weighted by Gasteiger charge is -2.40. The van der Waals surface area contributed by atoms with E-state index in [1.165, 1.54) is 23.1 Å². The van der Waals surface area contributed by atoms with Gasteiger partial charge in [-0.2, -0.15) is 5.26 Å². The number of hydrogen-bond acceptors (Lipinski definition) is 8. The molecule has 1 aromatic heterocycles. The summed E-state index contributed by atoms with van der Waals surface area (Å²) in [5.41, 5.74) is 2.93. The smallest absolute Gasteiger partial charge is 0.410 e. The fraction of sp³-hybridized carbons (Fsp3) is 0.250. The van der Waals surface area contributed by atoms with Gasteiger partial charge in [-0.15, -0.1) is 34.9 Å². The average Bonchev–Trinajstić information content (AvgIpc) is 3.48. The molecule has 0 spiro atoms. The van der Waals surface area contributed by atoms with E-state index in [1.807, 2.05) is 117 Å². The summed E-state index contributed by atoms with van der Waals surface area (Å²) in [6, 6.07) is 26.8. The van der Waals surface area contributed by atoms with Gasteiger partial charge in [0.2, 0.25) is 5.91 Å². The highest BCUT2D eigenvalue weighted by molar-refractivity contribution is 8.00. The Hall–Kier alpha value is -4.96. The maximum atomic E-state index is 14.1. The Morgan fingerprint density at radius 1 is 0.981 bits per heavy atom. The third kappa shape index (κ3) is 7.62. The summed E-state index contributed by atoms with van der Waals surface area (Å²) in [5.74, 6) is -0.282. The van der Waals surface area contributed by atoms with Crippen molar-refractivity contribution in [1.82, 2.24) is 4.90 Å². The molecule has 2 aliphatic heterocycles. The monoisotopic (exact) mass is 747 g/mol. The van der Waals surface area contributed by atoms with E-state index in [9.17, 15) is 19.6 Å². The third-order valence-corrected chi connectivity index (χ3v) is 12.4. The van der Waals surface area contributed by atoms with Gasteiger partial charge in [-0.1, -0.05) is 72.8 Å². The fourth-order valence-electron chi connectivity index (χ4n) is 6.36. The zero-order valence-electron chi connectivity index (χ0n) is 28.9. The molecule has 52 heavy (non-hydrogen) atoms. The number of thioether (sulfide) groups is 2. The molecule has 3 aliphatic rings. The van der Waals surface area contributed by atoms with E-state index < -0.39 is 16.9 Å². The molecule has 3 atom stereocenters. The highest BCUT2D eigenvalue weighted by Crippen LogP contribution is 2.44. The predicted molar refractivity (Wildman–Crippen MR) is 209 cm³/mol. The van der Waals surface area contributed by atoms with E-state index in [2.05, 4.69) is 28.9 Å². The van der Waals surface area contributed by atoms with Crippen molar-refractivity contribution < 1.29 is 19.1 Å². The Morgan fingerprint density at radius 3 is 2.54 bits per heavy atom. The van der Waals surface area contributed by atoms with Crippen LogP contribution in [0.4, 0.5) is 26.0 Å². The quantitative estimate of drug-likeness (QED) is 0.189. The number of rotatable bonds is 6. The highest BCUT2D eigenvalue weighted by atomic mass is 32.2. The summed E-state index contributed by atoms with van der Waals surface area (Å²) in [4.78, 5) is 47.0. The largest absolute Gasteiger partial charge is 0.444 e. The summed E-state index contributed by atoms with van der Waals surface area (Å²) in [6.45, 7) is 6.22. The number of anilines is 3. The number of carbonyl (C=O) groups excluding carboxylic acids is 3. The molecule has 1 aliphatic carbocycles. The van der Waals surface area contributed by atoms with Crippen LogP contribution in [0.25, 0.3) is 0 Å². The molecule has 0 radical (unpaired) electrons. The summed E-state index contributed by atoms with van der Waals surface area (Å²) in [5, 5.41) is 16.2. The molecule has 264 valence electrons. The van der Waals surface area contributed by atoms with Crippen molar-refractivity contribution in [2.45, 2.75) is 65.7 Å². The highest BCUT2D eigenvalue weighted by Gasteiger charge is 2.37. The molecule has 9 nitrogen and oxygen atoms in total. The Kier molecular flexibility index (Phi) is 10.2. The second-order valence-electron chi connectivity index (χ2n) is 13.5. The molecule has 3 aromatic carbocycles. The number of allylic oxidation sites excluding steroid dienone is 2. The first-order valence-corrected chi connectivity index (χ1v) is 19.5. The van der Waals surface area contributed by atoms with E-state index in [-0.39, 0.29) is 23.2 Å². The Morgan fingerprint density at radius 2 is 1.75 bits per heavy atom. The van der Waals surface area contributed by atoms with Crippen molar-refractivity contribution in [3.05, 3.63) is 125 Å². The molecule has 0 bridgehead atoms. The van der Waals surface area contributed by atoms with E-state index >= 15 is 0 Å². The first kappa shape index (κ1) is 35.4. The molecule has 3 heterocycles. The maximum absolute atomic E-state index is 14.1. The molecule has 12 heteroatoms. The van der Waals surface area contributed by atoms with Gasteiger partial charge >= 0.3 is 12.1 Å². The van der Waals surface area contributed by atoms with Crippen molar-refractivity contribution in [2.75, 3.05) is 22.1 Å². The standard InChI is InChI=1S/C40H37N5O4S3/c1-40(2,3)49-39(48)44-21-20-28-29(23-41)37(52-34(28)24-44)43-36(46)35(25-12-5-4-6-13-25)50-27-15-11-14-26(22-27)42-38(47)45-30-16-7-9-18-32(30)51-33-19-10-8-17-31(33)45/h4-19,22,30,32,35H,20-21,24H2,1-3H3,(H,42,47)(H,43,46). The first-order chi connectivity index (χ1) is 25.1. The van der Waals surface area contributed by atoms with Gasteiger partial charge in [0.1, 0.15) is 21.9 Å². The van der Waals surface area contributed by atoms with Gasteiger partial charge in [0.25, 0.3) is 0 Å². The molecule has 4 aromatic rings. The number of nitriles is 1. The minimum atomic E-state index is -0.665. The molecular weight excluding hydrogens is 711 g/mol. The number of hydrogen-bond donors (Lipinski definition) is 2. The van der Waals surface area contributed by atoms with Crippen LogP contribution < -0.4 is 15.5 Å². The zero-order valence-corrected chi connectivity index (χ0v) is 31.3. The predicted octanol–water partition coefficient (Wildman–Crippen LogP) is 9.39. The Labute approximate surface area is 315 Å². The normalized spacial score (nSPS) is 18.0. The van der Waals surface area contributed by atoms with E-state index in [1.54, 1.807) is 16.7 Å². The van der Waals surface area contributed by atoms with Crippen molar-refractivity contribution in [1.29, 1.82) is 5.26 Å². The number of nitrogens with zero attached hydrogens (tertiary/aromatic N) is 3. The van der Waals surface area contributed by atoms with Crippen LogP contribution in [0.5, 0.6) is 0 Å². The molecule has 0 saturated carbocycles. The van der Waals surface area contributed by atoms with Crippen LogP contribution in [0.2, 0.25) is 0 Å². The number of carbonyl (C=O) groups is 3. The summed E-state index contributed by atoms with van der Waals surface area (Å²) in [7, 11) is 0. The molecule has 7 rings (SSSR count). The van der Waals surface area contributed by atoms with Gasteiger partial charge < -0.3 is 20.3 Å². The molecule has 4 amide bonds. The SMILES string of the molecule is CC(C)(C)OC(=O)N1CCc2c(sc(NC(=O)C(Sc3cccc(NC(=O)N4c5ccccc5SC5C=CC=CC54)c3)c3ccccc3)c2C#N)C1. The summed E-state index contributed by atoms with van der Waals surface area (Å²) in [6.07, 6.45) is 8.28. The Bertz CT molecular complexity index is 2120. The molecule has 0 saturated heterocycles. The van der Waals surface area contributed by atoms with E-state index in [4.69, 9.17) is 4.74 Å². The van der Waals surface area contributed by atoms with Gasteiger partial charge in [-0.05, 0) is 68.7 Å². The number of urea groups is 1. The molecule has 0 fully saturated rings. The zero-order chi connectivity index (χ0) is 36.4. The van der Waals surface area contributed by atoms with Crippen molar-refractivity contribution in [2.24, 2.45) is 0 Å². The van der Waals surface area contributed by atoms with E-state index in [0.717, 1.165) is 31.5 Å². The van der Waals surface area contributed by atoms with Crippen molar-refractivity contribution in [3.8, 4) is 6.07 Å². The lowest BCUT2D eigenvalue weighted by atomic mass is 10.0. The van der Waals surface area contributed by atoms with Gasteiger partial charge in [0, 0.05) is 26.9 Å². The fourth-order valence-corrected chi connectivity index (χ4v) is 9.92. The third-order valence-electron chi connectivity index (χ3n) is 8.70. The van der Waals surface area contributed by atoms with E-state index in [0.29, 0.717) is 35.8 Å². The number of nitrogens with one attached hydrogen (secondary N) is 2. The van der Waals surface area contributed by atoms with Gasteiger partial charge in [-0.3, -0.25) is 9.69 Å². The molecular formula is C40H37N5O4S3. The molecule has 2 N–H and O–H groups in total. The van der Waals surface area contributed by atoms with Crippen LogP contribution in [0.1, 0.15) is 47.6 Å². The summed E-state index contributed by atoms with van der Waals surface area (Å²) < 4.78 is 5.58. The topological polar surface area (TPSA) is 115 Å². The first-order valence-electron chi connectivity index (χ1n) is 16.9. The van der Waals surface area contributed by atoms with Crippen molar-refractivity contribution >= 4 is 69.3 Å². The lowest BCUT2D eigenvalue weighted by molar-refractivity contribution is -0.115.